The van der Waals surface area contributed by atoms with E-state index in [1.807, 2.05) is 0 Å². The molecule has 0 aliphatic carbocycles. The second kappa shape index (κ2) is 6.68. The van der Waals surface area contributed by atoms with Gasteiger partial charge in [0.25, 0.3) is 0 Å². The smallest absolute Gasteiger partial charge is 0.150 e. The van der Waals surface area contributed by atoms with Crippen LogP contribution in [0.4, 0.5) is 17.1 Å². The molecule has 1 aromatic heterocycles. The maximum atomic E-state index is 2.40. The van der Waals surface area contributed by atoms with Crippen molar-refractivity contribution in [1.82, 2.24) is 9.05 Å². The quantitative estimate of drug-likeness (QED) is 0.247. The van der Waals surface area contributed by atoms with E-state index in [0.29, 0.717) is 4.48 Å². The third kappa shape index (κ3) is 2.41. The van der Waals surface area contributed by atoms with Crippen molar-refractivity contribution in [3.05, 3.63) is 121 Å². The van der Waals surface area contributed by atoms with Crippen molar-refractivity contribution in [2.75, 3.05) is 7.05 Å². The fourth-order valence-corrected chi connectivity index (χ4v) is 5.70. The van der Waals surface area contributed by atoms with Crippen LogP contribution in [0.5, 0.6) is 0 Å². The summed E-state index contributed by atoms with van der Waals surface area (Å²) in [6.45, 7) is 0. The summed E-state index contributed by atoms with van der Waals surface area (Å²) in [6.07, 6.45) is 0. The van der Waals surface area contributed by atoms with Crippen LogP contribution in [0, 0.1) is 0 Å². The molecule has 1 aliphatic rings. The standard InChI is InChI=1S/C31H23N2/c1-33(30-19-8-4-15-26(30)27-16-5-9-20-31(27)33)23-12-10-11-22(21-23)32-28-17-6-2-13-24(28)25-14-3-7-18-29(25)32/h2-21H,1H3/q+1. The van der Waals surface area contributed by atoms with Gasteiger partial charge in [-0.1, -0.05) is 66.7 Å². The highest BCUT2D eigenvalue weighted by molar-refractivity contribution is 6.09. The lowest BCUT2D eigenvalue weighted by Gasteiger charge is -2.30. The largest absolute Gasteiger partial charge is 0.309 e. The van der Waals surface area contributed by atoms with Crippen molar-refractivity contribution in [3.63, 3.8) is 0 Å². The highest BCUT2D eigenvalue weighted by atomic mass is 15.4. The highest BCUT2D eigenvalue weighted by Crippen LogP contribution is 2.56. The normalized spacial score (nSPS) is 13.8. The Kier molecular flexibility index (Phi) is 3.73. The van der Waals surface area contributed by atoms with Gasteiger partial charge in [-0.2, -0.15) is 0 Å². The Morgan fingerprint density at radius 3 is 1.64 bits per heavy atom. The number of hydrogen-bond acceptors (Lipinski definition) is 0. The second-order valence-electron chi connectivity index (χ2n) is 8.93. The van der Waals surface area contributed by atoms with Gasteiger partial charge in [-0.15, -0.1) is 0 Å². The van der Waals surface area contributed by atoms with E-state index in [-0.39, 0.29) is 0 Å². The maximum Gasteiger partial charge on any atom is 0.150 e. The van der Waals surface area contributed by atoms with E-state index >= 15 is 0 Å². The molecule has 156 valence electrons. The number of benzene rings is 5. The second-order valence-corrected chi connectivity index (χ2v) is 8.93. The SMILES string of the molecule is C[N+]1(c2cccc(-n3c4ccccc4c4ccccc43)c2)c2ccccc2-c2ccccc21. The summed E-state index contributed by atoms with van der Waals surface area (Å²) in [4.78, 5) is 0. The zero-order valence-electron chi connectivity index (χ0n) is 18.4. The maximum absolute atomic E-state index is 2.40. The molecule has 7 rings (SSSR count). The summed E-state index contributed by atoms with van der Waals surface area (Å²) in [5.74, 6) is 0. The van der Waals surface area contributed by atoms with E-state index in [1.54, 1.807) is 0 Å². The first-order valence-electron chi connectivity index (χ1n) is 11.4. The molecule has 1 aliphatic heterocycles. The lowest BCUT2D eigenvalue weighted by Crippen LogP contribution is -2.31. The van der Waals surface area contributed by atoms with Crippen LogP contribution < -0.4 is 4.48 Å². The number of quaternary nitrogens is 1. The number of aromatic nitrogens is 1. The molecule has 0 saturated carbocycles. The van der Waals surface area contributed by atoms with Crippen molar-refractivity contribution in [2.45, 2.75) is 0 Å². The van der Waals surface area contributed by atoms with E-state index in [0.717, 1.165) is 0 Å². The monoisotopic (exact) mass is 423 g/mol. The van der Waals surface area contributed by atoms with Gasteiger partial charge in [0.2, 0.25) is 0 Å². The molecule has 0 spiro atoms. The fraction of sp³-hybridized carbons (Fsp3) is 0.0323. The van der Waals surface area contributed by atoms with Gasteiger partial charge in [0, 0.05) is 46.2 Å². The van der Waals surface area contributed by atoms with Crippen LogP contribution in [0.2, 0.25) is 0 Å². The number of hydrogen-bond donors (Lipinski definition) is 0. The molecular formula is C31H23N2+. The molecule has 0 bridgehead atoms. The van der Waals surface area contributed by atoms with Gasteiger partial charge in [0.15, 0.2) is 11.4 Å². The molecule has 2 heteroatoms. The molecule has 0 fully saturated rings. The Balaban J connectivity index is 1.52. The summed E-state index contributed by atoms with van der Waals surface area (Å²) >= 11 is 0. The van der Waals surface area contributed by atoms with E-state index in [2.05, 4.69) is 133 Å². The van der Waals surface area contributed by atoms with Gasteiger partial charge >= 0.3 is 0 Å². The zero-order chi connectivity index (χ0) is 22.0. The van der Waals surface area contributed by atoms with Crippen LogP contribution in [0.3, 0.4) is 0 Å². The van der Waals surface area contributed by atoms with Gasteiger partial charge in [0.05, 0.1) is 23.8 Å². The van der Waals surface area contributed by atoms with Gasteiger partial charge in [-0.05, 0) is 30.3 Å². The van der Waals surface area contributed by atoms with Gasteiger partial charge in [0.1, 0.15) is 5.69 Å². The van der Waals surface area contributed by atoms with Crippen molar-refractivity contribution in [3.8, 4) is 16.8 Å². The van der Waals surface area contributed by atoms with Crippen molar-refractivity contribution < 1.29 is 0 Å². The molecule has 0 amide bonds. The topological polar surface area (TPSA) is 4.93 Å². The van der Waals surface area contributed by atoms with Crippen LogP contribution in [0.15, 0.2) is 121 Å². The molecule has 0 radical (unpaired) electrons. The number of rotatable bonds is 2. The minimum absolute atomic E-state index is 0.664. The third-order valence-corrected chi connectivity index (χ3v) is 7.25. The number of nitrogens with zero attached hydrogens (tertiary/aromatic N) is 2. The number of para-hydroxylation sites is 4. The predicted octanol–water partition coefficient (Wildman–Crippen LogP) is 8.36. The van der Waals surface area contributed by atoms with Crippen LogP contribution in [-0.4, -0.2) is 11.6 Å². The summed E-state index contributed by atoms with van der Waals surface area (Å²) in [6, 6.07) is 44.0. The van der Waals surface area contributed by atoms with Crippen LogP contribution in [-0.2, 0) is 0 Å². The Morgan fingerprint density at radius 1 is 0.515 bits per heavy atom. The van der Waals surface area contributed by atoms with E-state index < -0.39 is 0 Å². The Morgan fingerprint density at radius 2 is 1.03 bits per heavy atom. The molecule has 6 aromatic rings. The predicted molar refractivity (Wildman–Crippen MR) is 140 cm³/mol. The zero-order valence-corrected chi connectivity index (χ0v) is 18.4. The molecule has 0 saturated heterocycles. The summed E-state index contributed by atoms with van der Waals surface area (Å²) in [5, 5.41) is 2.58. The van der Waals surface area contributed by atoms with Crippen molar-refractivity contribution >= 4 is 38.9 Å². The lowest BCUT2D eigenvalue weighted by molar-refractivity contribution is 0.642. The summed E-state index contributed by atoms with van der Waals surface area (Å²) < 4.78 is 3.06. The van der Waals surface area contributed by atoms with E-state index in [4.69, 9.17) is 0 Å². The first-order chi connectivity index (χ1) is 16.3. The van der Waals surface area contributed by atoms with Crippen molar-refractivity contribution in [1.29, 1.82) is 0 Å². The average molecular weight is 424 g/mol. The number of fused-ring (bicyclic) bond motifs is 6. The first-order valence-corrected chi connectivity index (χ1v) is 11.4. The summed E-state index contributed by atoms with van der Waals surface area (Å²) in [7, 11) is 2.32. The molecule has 2 heterocycles. The molecule has 33 heavy (non-hydrogen) atoms. The summed E-state index contributed by atoms with van der Waals surface area (Å²) in [5.41, 5.74) is 10.2. The van der Waals surface area contributed by atoms with Crippen LogP contribution in [0.1, 0.15) is 0 Å². The van der Waals surface area contributed by atoms with Crippen LogP contribution in [0.25, 0.3) is 38.6 Å². The molecule has 0 atom stereocenters. The lowest BCUT2D eigenvalue weighted by atomic mass is 10.1. The fourth-order valence-electron chi connectivity index (χ4n) is 5.70. The molecule has 2 nitrogen and oxygen atoms in total. The highest BCUT2D eigenvalue weighted by Gasteiger charge is 2.42. The average Bonchev–Trinajstić information content (AvgIpc) is 3.36. The molecule has 5 aromatic carbocycles. The van der Waals surface area contributed by atoms with Gasteiger partial charge < -0.3 is 4.57 Å². The van der Waals surface area contributed by atoms with Crippen molar-refractivity contribution in [2.24, 2.45) is 0 Å². The van der Waals surface area contributed by atoms with E-state index in [9.17, 15) is 0 Å². The first kappa shape index (κ1) is 18.4. The molecule has 0 N–H and O–H groups in total. The minimum atomic E-state index is 0.664. The Hall–Kier alpha value is -4.14. The van der Waals surface area contributed by atoms with Gasteiger partial charge in [-0.3, -0.25) is 0 Å². The Labute approximate surface area is 193 Å². The minimum Gasteiger partial charge on any atom is -0.309 e. The molecule has 0 unspecified atom stereocenters. The third-order valence-electron chi connectivity index (χ3n) is 7.25. The van der Waals surface area contributed by atoms with Gasteiger partial charge in [-0.25, -0.2) is 4.48 Å². The van der Waals surface area contributed by atoms with E-state index in [1.165, 1.54) is 55.7 Å². The Bertz CT molecular complexity index is 1590. The van der Waals surface area contributed by atoms with Crippen LogP contribution >= 0.6 is 0 Å². The molecular weight excluding hydrogens is 400 g/mol.